The van der Waals surface area contributed by atoms with Gasteiger partial charge in [-0.3, -0.25) is 9.48 Å². The number of likely N-dealkylation sites (N-methyl/N-ethyl adjacent to an activating group) is 1. The lowest BCUT2D eigenvalue weighted by Crippen LogP contribution is -2.46. The van der Waals surface area contributed by atoms with Crippen molar-refractivity contribution in [1.82, 2.24) is 20.0 Å². The first-order chi connectivity index (χ1) is 9.15. The lowest BCUT2D eigenvalue weighted by Gasteiger charge is -2.34. The number of aromatic nitrogens is 2. The lowest BCUT2D eigenvalue weighted by molar-refractivity contribution is -0.133. The van der Waals surface area contributed by atoms with Gasteiger partial charge in [-0.1, -0.05) is 6.92 Å². The van der Waals surface area contributed by atoms with Crippen molar-refractivity contribution in [3.63, 3.8) is 0 Å². The van der Waals surface area contributed by atoms with Crippen molar-refractivity contribution in [3.8, 4) is 0 Å². The van der Waals surface area contributed by atoms with Gasteiger partial charge in [0.1, 0.15) is 6.04 Å². The zero-order valence-electron chi connectivity index (χ0n) is 12.2. The monoisotopic (exact) mass is 318 g/mol. The SMILES string of the molecule is CCC1CN(C(=O)C(NC)c2cnn(C)c2)CCS1.Cl. The number of amides is 1. The van der Waals surface area contributed by atoms with Gasteiger partial charge in [-0.2, -0.15) is 16.9 Å². The molecule has 0 spiro atoms. The van der Waals surface area contributed by atoms with E-state index in [-0.39, 0.29) is 24.4 Å². The summed E-state index contributed by atoms with van der Waals surface area (Å²) < 4.78 is 1.73. The Balaban J connectivity index is 0.00000200. The number of thioether (sulfide) groups is 1. The second kappa shape index (κ2) is 7.90. The molecule has 0 aliphatic carbocycles. The van der Waals surface area contributed by atoms with Gasteiger partial charge in [0.05, 0.1) is 6.20 Å². The molecule has 1 N–H and O–H groups in total. The number of carbonyl (C=O) groups is 1. The predicted octanol–water partition coefficient (Wildman–Crippen LogP) is 1.46. The Morgan fingerprint density at radius 3 is 2.95 bits per heavy atom. The van der Waals surface area contributed by atoms with Crippen LogP contribution < -0.4 is 5.32 Å². The lowest BCUT2D eigenvalue weighted by atomic mass is 10.1. The van der Waals surface area contributed by atoms with E-state index in [1.54, 1.807) is 10.9 Å². The smallest absolute Gasteiger partial charge is 0.244 e. The zero-order chi connectivity index (χ0) is 13.8. The molecular formula is C13H23ClN4OS. The molecule has 1 saturated heterocycles. The Morgan fingerprint density at radius 1 is 1.65 bits per heavy atom. The summed E-state index contributed by atoms with van der Waals surface area (Å²) in [7, 11) is 3.69. The minimum absolute atomic E-state index is 0. The molecule has 1 aliphatic rings. The van der Waals surface area contributed by atoms with E-state index in [0.717, 1.165) is 30.8 Å². The first-order valence-electron chi connectivity index (χ1n) is 6.72. The van der Waals surface area contributed by atoms with Gasteiger partial charge < -0.3 is 10.2 Å². The van der Waals surface area contributed by atoms with Crippen LogP contribution in [0, 0.1) is 0 Å². The van der Waals surface area contributed by atoms with Crippen molar-refractivity contribution in [2.75, 3.05) is 25.9 Å². The van der Waals surface area contributed by atoms with Crippen LogP contribution in [0.25, 0.3) is 0 Å². The molecule has 2 unspecified atom stereocenters. The van der Waals surface area contributed by atoms with Crippen LogP contribution in [0.1, 0.15) is 24.9 Å². The molecule has 2 atom stereocenters. The van der Waals surface area contributed by atoms with Crippen LogP contribution in [0.2, 0.25) is 0 Å². The average molecular weight is 319 g/mol. The Morgan fingerprint density at radius 2 is 2.40 bits per heavy atom. The largest absolute Gasteiger partial charge is 0.339 e. The molecule has 0 radical (unpaired) electrons. The van der Waals surface area contributed by atoms with Crippen LogP contribution in [0.3, 0.4) is 0 Å². The molecule has 20 heavy (non-hydrogen) atoms. The van der Waals surface area contributed by atoms with Crippen LogP contribution in [-0.2, 0) is 11.8 Å². The molecule has 114 valence electrons. The maximum Gasteiger partial charge on any atom is 0.244 e. The van der Waals surface area contributed by atoms with Crippen molar-refractivity contribution < 1.29 is 4.79 Å². The van der Waals surface area contributed by atoms with E-state index in [1.807, 2.05) is 37.0 Å². The highest BCUT2D eigenvalue weighted by Gasteiger charge is 2.29. The minimum atomic E-state index is -0.283. The Hall–Kier alpha value is -0.720. The molecule has 5 nitrogen and oxygen atoms in total. The summed E-state index contributed by atoms with van der Waals surface area (Å²) in [6.07, 6.45) is 4.77. The van der Waals surface area contributed by atoms with Crippen molar-refractivity contribution in [2.24, 2.45) is 7.05 Å². The summed E-state index contributed by atoms with van der Waals surface area (Å²) >= 11 is 1.97. The molecule has 1 aliphatic heterocycles. The van der Waals surface area contributed by atoms with E-state index in [1.165, 1.54) is 0 Å². The molecule has 2 rings (SSSR count). The first-order valence-corrected chi connectivity index (χ1v) is 7.76. The summed E-state index contributed by atoms with van der Waals surface area (Å²) in [5.74, 6) is 1.20. The van der Waals surface area contributed by atoms with Gasteiger partial charge in [0, 0.05) is 42.9 Å². The van der Waals surface area contributed by atoms with Crippen molar-refractivity contribution >= 4 is 30.1 Å². The average Bonchev–Trinajstić information content (AvgIpc) is 2.86. The summed E-state index contributed by atoms with van der Waals surface area (Å²) in [5.41, 5.74) is 0.932. The van der Waals surface area contributed by atoms with Gasteiger partial charge in [0.25, 0.3) is 0 Å². The summed E-state index contributed by atoms with van der Waals surface area (Å²) in [6, 6.07) is -0.283. The number of aryl methyl sites for hydroxylation is 1. The molecule has 1 amide bonds. The molecule has 0 aromatic carbocycles. The van der Waals surface area contributed by atoms with E-state index in [0.29, 0.717) is 5.25 Å². The van der Waals surface area contributed by atoms with Crippen molar-refractivity contribution in [1.29, 1.82) is 0 Å². The van der Waals surface area contributed by atoms with Crippen LogP contribution in [0.15, 0.2) is 12.4 Å². The maximum atomic E-state index is 12.6. The highest BCUT2D eigenvalue weighted by molar-refractivity contribution is 8.00. The number of halogens is 1. The number of hydrogen-bond acceptors (Lipinski definition) is 4. The van der Waals surface area contributed by atoms with E-state index in [2.05, 4.69) is 17.3 Å². The van der Waals surface area contributed by atoms with Crippen molar-refractivity contribution in [2.45, 2.75) is 24.6 Å². The van der Waals surface area contributed by atoms with Gasteiger partial charge in [0.2, 0.25) is 5.91 Å². The standard InChI is InChI=1S/C13H22N4OS.ClH/c1-4-11-9-17(5-6-19-11)13(18)12(14-2)10-7-15-16(3)8-10;/h7-8,11-12,14H,4-6,9H2,1-3H3;1H. The number of nitrogens with one attached hydrogen (secondary N) is 1. The van der Waals surface area contributed by atoms with E-state index < -0.39 is 0 Å². The normalized spacial score (nSPS) is 20.4. The van der Waals surface area contributed by atoms with Crippen LogP contribution >= 0.6 is 24.2 Å². The Labute approximate surface area is 130 Å². The van der Waals surface area contributed by atoms with E-state index in [4.69, 9.17) is 0 Å². The molecule has 1 fully saturated rings. The van der Waals surface area contributed by atoms with E-state index in [9.17, 15) is 4.79 Å². The fourth-order valence-corrected chi connectivity index (χ4v) is 3.55. The quantitative estimate of drug-likeness (QED) is 0.913. The fourth-order valence-electron chi connectivity index (χ4n) is 2.37. The topological polar surface area (TPSA) is 50.2 Å². The first kappa shape index (κ1) is 17.3. The molecule has 1 aromatic rings. The number of rotatable bonds is 4. The van der Waals surface area contributed by atoms with Crippen LogP contribution in [0.5, 0.6) is 0 Å². The number of nitrogens with zero attached hydrogens (tertiary/aromatic N) is 3. The summed E-state index contributed by atoms with van der Waals surface area (Å²) in [6.45, 7) is 3.89. The molecule has 2 heterocycles. The second-order valence-electron chi connectivity index (χ2n) is 4.85. The van der Waals surface area contributed by atoms with Gasteiger partial charge >= 0.3 is 0 Å². The zero-order valence-corrected chi connectivity index (χ0v) is 13.8. The highest BCUT2D eigenvalue weighted by Crippen LogP contribution is 2.24. The van der Waals surface area contributed by atoms with Gasteiger partial charge in [-0.25, -0.2) is 0 Å². The molecule has 7 heteroatoms. The number of hydrogen-bond donors (Lipinski definition) is 1. The van der Waals surface area contributed by atoms with Gasteiger partial charge in [0.15, 0.2) is 0 Å². The second-order valence-corrected chi connectivity index (χ2v) is 6.26. The van der Waals surface area contributed by atoms with Gasteiger partial charge in [-0.05, 0) is 13.5 Å². The van der Waals surface area contributed by atoms with E-state index >= 15 is 0 Å². The third-order valence-corrected chi connectivity index (χ3v) is 4.87. The highest BCUT2D eigenvalue weighted by atomic mass is 35.5. The van der Waals surface area contributed by atoms with Gasteiger partial charge in [-0.15, -0.1) is 12.4 Å². The van der Waals surface area contributed by atoms with Crippen LogP contribution in [0.4, 0.5) is 0 Å². The van der Waals surface area contributed by atoms with Crippen molar-refractivity contribution in [3.05, 3.63) is 18.0 Å². The molecule has 0 saturated carbocycles. The summed E-state index contributed by atoms with van der Waals surface area (Å²) in [4.78, 5) is 14.6. The minimum Gasteiger partial charge on any atom is -0.339 e. The third kappa shape index (κ3) is 3.90. The third-order valence-electron chi connectivity index (χ3n) is 3.50. The molecule has 0 bridgehead atoms. The van der Waals surface area contributed by atoms with Crippen LogP contribution in [-0.4, -0.2) is 51.7 Å². The summed E-state index contributed by atoms with van der Waals surface area (Å²) in [5, 5.41) is 7.83. The fraction of sp³-hybridized carbons (Fsp3) is 0.692. The number of carbonyl (C=O) groups excluding carboxylic acids is 1. The maximum absolute atomic E-state index is 12.6. The molecular weight excluding hydrogens is 296 g/mol. The predicted molar refractivity (Wildman–Crippen MR) is 85.4 cm³/mol. The molecule has 1 aromatic heterocycles. The Bertz CT molecular complexity index is 440. The Kier molecular flexibility index (Phi) is 6.85.